The third-order valence-corrected chi connectivity index (χ3v) is 12.1. The highest BCUT2D eigenvalue weighted by Crippen LogP contribution is 2.42. The molecule has 0 amide bonds. The summed E-state index contributed by atoms with van der Waals surface area (Å²) >= 11 is 1.89. The van der Waals surface area contributed by atoms with Crippen LogP contribution in [-0.4, -0.2) is 13.4 Å². The molecule has 6 aromatic carbocycles. The summed E-state index contributed by atoms with van der Waals surface area (Å²) in [5, 5.41) is 0. The van der Waals surface area contributed by atoms with Crippen LogP contribution in [0.25, 0.3) is 0 Å². The first-order valence-electron chi connectivity index (χ1n) is 18.2. The Labute approximate surface area is 302 Å². The quantitative estimate of drug-likeness (QED) is 0.171. The van der Waals surface area contributed by atoms with Crippen molar-refractivity contribution >= 4 is 75.0 Å². The highest BCUT2D eigenvalue weighted by molar-refractivity contribution is 8.00. The van der Waals surface area contributed by atoms with Gasteiger partial charge in [-0.1, -0.05) is 149 Å². The van der Waals surface area contributed by atoms with E-state index < -0.39 is 0 Å². The summed E-state index contributed by atoms with van der Waals surface area (Å²) < 4.78 is 6.94. The van der Waals surface area contributed by atoms with E-state index in [0.717, 1.165) is 17.2 Å². The Morgan fingerprint density at radius 3 is 1.86 bits per heavy atom. The number of fused-ring (bicyclic) bond motifs is 6. The second kappa shape index (κ2) is 12.0. The van der Waals surface area contributed by atoms with Gasteiger partial charge in [0.1, 0.15) is 11.5 Å². The molecule has 50 heavy (non-hydrogen) atoms. The molecule has 2 nitrogen and oxygen atoms in total. The lowest BCUT2D eigenvalue weighted by molar-refractivity contribution is 0.486. The molecule has 6 aromatic rings. The van der Waals surface area contributed by atoms with Gasteiger partial charge in [0.05, 0.1) is 0 Å². The van der Waals surface area contributed by atoms with E-state index in [4.69, 9.17) is 4.74 Å². The lowest BCUT2D eigenvalue weighted by Crippen LogP contribution is -2.62. The van der Waals surface area contributed by atoms with Crippen LogP contribution in [0.2, 0.25) is 0 Å². The largest absolute Gasteiger partial charge is 0.458 e. The summed E-state index contributed by atoms with van der Waals surface area (Å²) in [5.74, 6) is 3.18. The molecule has 0 saturated carbocycles. The molecule has 0 aromatic heterocycles. The SMILES string of the molecule is CC(C)c1cc(C(C)C)c(B2c3ccccc3Sc3cc4c(cc32)B2c3ccccc3N(c3ccccc3)c3cccc(c32)O4)c(C(C)C)c1. The molecule has 3 aliphatic rings. The summed E-state index contributed by atoms with van der Waals surface area (Å²) in [5.41, 5.74) is 16.0. The van der Waals surface area contributed by atoms with E-state index in [1.165, 1.54) is 70.6 Å². The number of nitrogens with zero attached hydrogens (tertiary/aromatic N) is 1. The van der Waals surface area contributed by atoms with Gasteiger partial charge in [-0.15, -0.1) is 0 Å². The van der Waals surface area contributed by atoms with Gasteiger partial charge in [-0.2, -0.15) is 0 Å². The van der Waals surface area contributed by atoms with Gasteiger partial charge < -0.3 is 9.64 Å². The number of hydrogen-bond acceptors (Lipinski definition) is 3. The molecule has 0 aliphatic carbocycles. The molecule has 0 unspecified atom stereocenters. The van der Waals surface area contributed by atoms with Gasteiger partial charge in [-0.05, 0) is 93.3 Å². The molecule has 3 aliphatic heterocycles. The number of ether oxygens (including phenoxy) is 1. The summed E-state index contributed by atoms with van der Waals surface area (Å²) in [6.07, 6.45) is 0. The van der Waals surface area contributed by atoms with E-state index in [-0.39, 0.29) is 13.4 Å². The first-order valence-corrected chi connectivity index (χ1v) is 19.0. The average Bonchev–Trinajstić information content (AvgIpc) is 3.12. The van der Waals surface area contributed by atoms with Crippen molar-refractivity contribution in [2.75, 3.05) is 4.90 Å². The molecule has 244 valence electrons. The van der Waals surface area contributed by atoms with Crippen LogP contribution in [0.1, 0.15) is 76.0 Å². The molecule has 0 N–H and O–H groups in total. The maximum absolute atomic E-state index is 6.94. The Bertz CT molecular complexity index is 2270. The Balaban J connectivity index is 1.31. The zero-order chi connectivity index (χ0) is 34.3. The number of hydrogen-bond donors (Lipinski definition) is 0. The van der Waals surface area contributed by atoms with Crippen LogP contribution in [0.15, 0.2) is 131 Å². The number of para-hydroxylation sites is 2. The minimum Gasteiger partial charge on any atom is -0.458 e. The Morgan fingerprint density at radius 1 is 0.500 bits per heavy atom. The van der Waals surface area contributed by atoms with Crippen molar-refractivity contribution < 1.29 is 4.74 Å². The summed E-state index contributed by atoms with van der Waals surface area (Å²) in [7, 11) is 0. The third-order valence-electron chi connectivity index (χ3n) is 11.0. The standard InChI is InChI=1S/C45H41B2NOS/c1-27(2)30-23-32(28(3)4)44(33(24-30)29(5)6)47-35-18-11-13-22-42(35)50-43-26-41-36(25-37(43)47)46-34-17-10-12-19-38(34)48(31-15-8-7-9-16-31)39-20-14-21-40(49-41)45(39)46/h7-29H,1-6H3. The molecular weight excluding hydrogens is 624 g/mol. The molecule has 0 bridgehead atoms. The Hall–Kier alpha value is -4.60. The second-order valence-electron chi connectivity index (χ2n) is 15.0. The number of rotatable bonds is 5. The predicted octanol–water partition coefficient (Wildman–Crippen LogP) is 8.44. The fourth-order valence-electron chi connectivity index (χ4n) is 8.60. The van der Waals surface area contributed by atoms with Gasteiger partial charge in [0.15, 0.2) is 0 Å². The fraction of sp³-hybridized carbons (Fsp3) is 0.200. The zero-order valence-corrected chi connectivity index (χ0v) is 30.5. The van der Waals surface area contributed by atoms with Crippen LogP contribution in [0, 0.1) is 0 Å². The van der Waals surface area contributed by atoms with Crippen LogP contribution in [0.5, 0.6) is 11.5 Å². The molecule has 0 spiro atoms. The van der Waals surface area contributed by atoms with Crippen LogP contribution >= 0.6 is 11.8 Å². The second-order valence-corrected chi connectivity index (χ2v) is 16.1. The van der Waals surface area contributed by atoms with Crippen molar-refractivity contribution in [3.63, 3.8) is 0 Å². The fourth-order valence-corrected chi connectivity index (χ4v) is 9.75. The third kappa shape index (κ3) is 4.81. The van der Waals surface area contributed by atoms with Crippen LogP contribution in [0.3, 0.4) is 0 Å². The highest BCUT2D eigenvalue weighted by Gasteiger charge is 2.44. The monoisotopic (exact) mass is 665 g/mol. The van der Waals surface area contributed by atoms with Gasteiger partial charge >= 0.3 is 0 Å². The average molecular weight is 666 g/mol. The van der Waals surface area contributed by atoms with Crippen LogP contribution in [0.4, 0.5) is 17.1 Å². The summed E-state index contributed by atoms with van der Waals surface area (Å²) in [6, 6.07) is 45.3. The maximum Gasteiger partial charge on any atom is 0.256 e. The van der Waals surface area contributed by atoms with Gasteiger partial charge in [0, 0.05) is 26.9 Å². The van der Waals surface area contributed by atoms with E-state index in [1.807, 2.05) is 11.8 Å². The first-order chi connectivity index (χ1) is 24.3. The van der Waals surface area contributed by atoms with E-state index in [2.05, 4.69) is 168 Å². The van der Waals surface area contributed by atoms with E-state index in [0.29, 0.717) is 17.8 Å². The molecule has 0 radical (unpaired) electrons. The lowest BCUT2D eigenvalue weighted by Gasteiger charge is -2.40. The summed E-state index contributed by atoms with van der Waals surface area (Å²) in [6.45, 7) is 14.3. The van der Waals surface area contributed by atoms with E-state index >= 15 is 0 Å². The Morgan fingerprint density at radius 2 is 1.14 bits per heavy atom. The Kier molecular flexibility index (Phi) is 7.55. The van der Waals surface area contributed by atoms with Crippen LogP contribution in [-0.2, 0) is 0 Å². The minimum atomic E-state index is 0.0617. The smallest absolute Gasteiger partial charge is 0.256 e. The molecule has 0 fully saturated rings. The van der Waals surface area contributed by atoms with Gasteiger partial charge in [0.2, 0.25) is 6.71 Å². The molecule has 0 saturated heterocycles. The molecule has 9 rings (SSSR count). The molecule has 0 atom stereocenters. The number of anilines is 3. The van der Waals surface area contributed by atoms with Crippen LogP contribution < -0.4 is 42.4 Å². The molecule has 5 heteroatoms. The zero-order valence-electron chi connectivity index (χ0n) is 29.7. The van der Waals surface area contributed by atoms with Crippen molar-refractivity contribution in [3.05, 3.63) is 138 Å². The maximum atomic E-state index is 6.94. The topological polar surface area (TPSA) is 12.5 Å². The van der Waals surface area contributed by atoms with Gasteiger partial charge in [-0.25, -0.2) is 0 Å². The minimum absolute atomic E-state index is 0.0617. The van der Waals surface area contributed by atoms with Gasteiger partial charge in [-0.3, -0.25) is 0 Å². The van der Waals surface area contributed by atoms with Crippen molar-refractivity contribution in [2.24, 2.45) is 0 Å². The van der Waals surface area contributed by atoms with Crippen molar-refractivity contribution in [1.82, 2.24) is 0 Å². The molecule has 3 heterocycles. The lowest BCUT2D eigenvalue weighted by atomic mass is 9.31. The highest BCUT2D eigenvalue weighted by atomic mass is 32.2. The van der Waals surface area contributed by atoms with Crippen molar-refractivity contribution in [1.29, 1.82) is 0 Å². The predicted molar refractivity (Wildman–Crippen MR) is 216 cm³/mol. The van der Waals surface area contributed by atoms with Crippen molar-refractivity contribution in [2.45, 2.75) is 69.1 Å². The van der Waals surface area contributed by atoms with E-state index in [1.54, 1.807) is 0 Å². The first kappa shape index (κ1) is 31.4. The summed E-state index contributed by atoms with van der Waals surface area (Å²) in [4.78, 5) is 5.04. The number of benzene rings is 6. The van der Waals surface area contributed by atoms with Gasteiger partial charge in [0.25, 0.3) is 6.71 Å². The van der Waals surface area contributed by atoms with E-state index in [9.17, 15) is 0 Å². The van der Waals surface area contributed by atoms with Crippen molar-refractivity contribution in [3.8, 4) is 11.5 Å². The molecular formula is C45H41B2NOS. The normalized spacial score (nSPS) is 13.9.